The van der Waals surface area contributed by atoms with Crippen LogP contribution in [0.25, 0.3) is 0 Å². The van der Waals surface area contributed by atoms with Crippen molar-refractivity contribution in [1.29, 1.82) is 0 Å². The van der Waals surface area contributed by atoms with Crippen LogP contribution in [-0.2, 0) is 5.41 Å². The topological polar surface area (TPSA) is 61.3 Å². The first-order valence-electron chi connectivity index (χ1n) is 12.5. The number of nitrogens with two attached hydrogens (primary N) is 2. The Bertz CT molecular complexity index is 1590. The van der Waals surface area contributed by atoms with E-state index < -0.39 is 11.6 Å². The SMILES string of the molecule is Nc1ccc(C(c2ccc(N)cc2)(c2ccc(Oc3ccc(C#Cc4ccccc4)cc3)cc2)C(F)(F)F)cc1. The van der Waals surface area contributed by atoms with Crippen LogP contribution in [0.5, 0.6) is 11.5 Å². The Morgan fingerprint density at radius 2 is 0.850 bits per heavy atom. The van der Waals surface area contributed by atoms with Gasteiger partial charge in [-0.25, -0.2) is 0 Å². The zero-order chi connectivity index (χ0) is 28.2. The number of hydrogen-bond acceptors (Lipinski definition) is 3. The first-order valence-corrected chi connectivity index (χ1v) is 12.5. The second kappa shape index (κ2) is 10.9. The molecule has 0 saturated carbocycles. The van der Waals surface area contributed by atoms with Crippen LogP contribution in [-0.4, -0.2) is 6.18 Å². The third-order valence-electron chi connectivity index (χ3n) is 6.61. The fraction of sp³-hybridized carbons (Fsp3) is 0.0588. The van der Waals surface area contributed by atoms with Gasteiger partial charge in [0.2, 0.25) is 0 Å². The molecule has 40 heavy (non-hydrogen) atoms. The van der Waals surface area contributed by atoms with Gasteiger partial charge in [0.15, 0.2) is 0 Å². The van der Waals surface area contributed by atoms with Crippen LogP contribution in [0, 0.1) is 11.8 Å². The van der Waals surface area contributed by atoms with Crippen molar-refractivity contribution in [2.45, 2.75) is 11.6 Å². The molecule has 0 fully saturated rings. The number of hydrogen-bond donors (Lipinski definition) is 2. The molecule has 5 rings (SSSR count). The van der Waals surface area contributed by atoms with Crippen molar-refractivity contribution in [3.63, 3.8) is 0 Å². The van der Waals surface area contributed by atoms with Crippen molar-refractivity contribution < 1.29 is 17.9 Å². The van der Waals surface area contributed by atoms with Gasteiger partial charge in [-0.15, -0.1) is 0 Å². The Labute approximate surface area is 230 Å². The molecular formula is C34H25F3N2O. The first kappa shape index (κ1) is 26.5. The maximum absolute atomic E-state index is 15.2. The average molecular weight is 535 g/mol. The number of alkyl halides is 3. The maximum Gasteiger partial charge on any atom is 0.406 e. The van der Waals surface area contributed by atoms with Gasteiger partial charge in [0.1, 0.15) is 16.9 Å². The molecule has 0 aliphatic rings. The molecule has 0 unspecified atom stereocenters. The summed E-state index contributed by atoms with van der Waals surface area (Å²) < 4.78 is 51.5. The van der Waals surface area contributed by atoms with E-state index in [2.05, 4.69) is 11.8 Å². The van der Waals surface area contributed by atoms with Crippen molar-refractivity contribution in [2.75, 3.05) is 11.5 Å². The van der Waals surface area contributed by atoms with Crippen LogP contribution in [0.1, 0.15) is 27.8 Å². The normalized spacial score (nSPS) is 11.4. The average Bonchev–Trinajstić information content (AvgIpc) is 2.95. The number of halogens is 3. The molecule has 0 bridgehead atoms. The van der Waals surface area contributed by atoms with Crippen LogP contribution in [0.3, 0.4) is 0 Å². The van der Waals surface area contributed by atoms with Crippen LogP contribution in [0.4, 0.5) is 24.5 Å². The highest BCUT2D eigenvalue weighted by Crippen LogP contribution is 2.51. The summed E-state index contributed by atoms with van der Waals surface area (Å²) in [5.41, 5.74) is 11.7. The highest BCUT2D eigenvalue weighted by molar-refractivity contribution is 5.57. The Balaban J connectivity index is 1.47. The number of ether oxygens (including phenoxy) is 1. The van der Waals surface area contributed by atoms with E-state index in [9.17, 15) is 0 Å². The third kappa shape index (κ3) is 5.36. The highest BCUT2D eigenvalue weighted by Gasteiger charge is 2.58. The van der Waals surface area contributed by atoms with Gasteiger partial charge in [0, 0.05) is 22.5 Å². The molecular weight excluding hydrogens is 509 g/mol. The molecule has 0 saturated heterocycles. The molecule has 0 heterocycles. The van der Waals surface area contributed by atoms with Gasteiger partial charge in [-0.2, -0.15) is 13.2 Å². The minimum Gasteiger partial charge on any atom is -0.457 e. The van der Waals surface area contributed by atoms with Gasteiger partial charge < -0.3 is 16.2 Å². The Hall–Kier alpha value is -5.15. The Morgan fingerprint density at radius 1 is 0.475 bits per heavy atom. The molecule has 5 aromatic rings. The van der Waals surface area contributed by atoms with E-state index >= 15 is 13.2 Å². The quantitative estimate of drug-likeness (QED) is 0.137. The summed E-state index contributed by atoms with van der Waals surface area (Å²) in [6, 6.07) is 34.3. The van der Waals surface area contributed by atoms with Gasteiger partial charge in [-0.3, -0.25) is 0 Å². The van der Waals surface area contributed by atoms with E-state index in [1.54, 1.807) is 12.1 Å². The van der Waals surface area contributed by atoms with Gasteiger partial charge in [0.25, 0.3) is 0 Å². The molecule has 0 spiro atoms. The smallest absolute Gasteiger partial charge is 0.406 e. The lowest BCUT2D eigenvalue weighted by Crippen LogP contribution is -2.44. The van der Waals surface area contributed by atoms with Crippen molar-refractivity contribution >= 4 is 11.4 Å². The van der Waals surface area contributed by atoms with Gasteiger partial charge in [-0.05, 0) is 89.5 Å². The van der Waals surface area contributed by atoms with Crippen LogP contribution >= 0.6 is 0 Å². The summed E-state index contributed by atoms with van der Waals surface area (Å²) in [6.45, 7) is 0. The lowest BCUT2D eigenvalue weighted by molar-refractivity contribution is -0.166. The minimum absolute atomic E-state index is 0.0356. The fourth-order valence-electron chi connectivity index (χ4n) is 4.64. The number of rotatable bonds is 5. The second-order valence-corrected chi connectivity index (χ2v) is 9.26. The zero-order valence-electron chi connectivity index (χ0n) is 21.3. The minimum atomic E-state index is -4.68. The summed E-state index contributed by atoms with van der Waals surface area (Å²) in [7, 11) is 0. The van der Waals surface area contributed by atoms with Crippen molar-refractivity contribution in [3.8, 4) is 23.3 Å². The number of benzene rings is 5. The molecule has 0 radical (unpaired) electrons. The van der Waals surface area contributed by atoms with Crippen LogP contribution < -0.4 is 16.2 Å². The highest BCUT2D eigenvalue weighted by atomic mass is 19.4. The molecule has 198 valence electrons. The standard InChI is InChI=1S/C34H25F3N2O/c35-34(36,37)33(26-10-16-29(38)17-11-26,27-12-18-30(39)19-13-27)28-14-22-32(23-15-28)40-31-20-8-25(9-21-31)7-6-24-4-2-1-3-5-24/h1-5,8-23H,38-39H2. The molecule has 3 nitrogen and oxygen atoms in total. The van der Waals surface area contributed by atoms with E-state index in [-0.39, 0.29) is 16.7 Å². The van der Waals surface area contributed by atoms with E-state index in [4.69, 9.17) is 16.2 Å². The monoisotopic (exact) mass is 534 g/mol. The van der Waals surface area contributed by atoms with Crippen LogP contribution in [0.15, 0.2) is 127 Å². The molecule has 0 aliphatic carbocycles. The van der Waals surface area contributed by atoms with E-state index in [1.807, 2.05) is 42.5 Å². The van der Waals surface area contributed by atoms with Gasteiger partial charge in [0.05, 0.1) is 0 Å². The number of nitrogen functional groups attached to an aromatic ring is 2. The molecule has 0 aromatic heterocycles. The van der Waals surface area contributed by atoms with Gasteiger partial charge >= 0.3 is 6.18 Å². The van der Waals surface area contributed by atoms with Gasteiger partial charge in [-0.1, -0.05) is 66.4 Å². The van der Waals surface area contributed by atoms with E-state index in [1.165, 1.54) is 72.8 Å². The lowest BCUT2D eigenvalue weighted by atomic mass is 9.68. The van der Waals surface area contributed by atoms with Crippen molar-refractivity contribution in [3.05, 3.63) is 155 Å². The summed E-state index contributed by atoms with van der Waals surface area (Å²) >= 11 is 0. The Morgan fingerprint density at radius 3 is 1.27 bits per heavy atom. The summed E-state index contributed by atoms with van der Waals surface area (Å²) in [6.07, 6.45) is -4.68. The van der Waals surface area contributed by atoms with E-state index in [0.29, 0.717) is 22.9 Å². The van der Waals surface area contributed by atoms with Crippen LogP contribution in [0.2, 0.25) is 0 Å². The zero-order valence-corrected chi connectivity index (χ0v) is 21.3. The molecule has 6 heteroatoms. The third-order valence-corrected chi connectivity index (χ3v) is 6.61. The van der Waals surface area contributed by atoms with Crippen molar-refractivity contribution in [1.82, 2.24) is 0 Å². The fourth-order valence-corrected chi connectivity index (χ4v) is 4.64. The predicted octanol–water partition coefficient (Wildman–Crippen LogP) is 7.94. The molecule has 5 aromatic carbocycles. The number of anilines is 2. The summed E-state index contributed by atoms with van der Waals surface area (Å²) in [5.74, 6) is 7.14. The molecule has 0 aliphatic heterocycles. The summed E-state index contributed by atoms with van der Waals surface area (Å²) in [4.78, 5) is 0. The Kier molecular flexibility index (Phi) is 7.22. The molecule has 0 amide bonds. The molecule has 4 N–H and O–H groups in total. The second-order valence-electron chi connectivity index (χ2n) is 9.26. The maximum atomic E-state index is 15.2. The van der Waals surface area contributed by atoms with E-state index in [0.717, 1.165) is 11.1 Å². The lowest BCUT2D eigenvalue weighted by Gasteiger charge is -2.37. The summed E-state index contributed by atoms with van der Waals surface area (Å²) in [5, 5.41) is 0. The first-order chi connectivity index (χ1) is 19.3. The van der Waals surface area contributed by atoms with Crippen molar-refractivity contribution in [2.24, 2.45) is 0 Å². The predicted molar refractivity (Wildman–Crippen MR) is 153 cm³/mol. The molecule has 0 atom stereocenters. The largest absolute Gasteiger partial charge is 0.457 e.